The second-order valence-corrected chi connectivity index (χ2v) is 5.57. The SMILES string of the molecule is OC(=CSc1nnc(Cc2ccccc2)o1)c1ccc(F)cc1. The lowest BCUT2D eigenvalue weighted by Crippen LogP contribution is -1.87. The minimum Gasteiger partial charge on any atom is -0.507 e. The molecule has 0 atom stereocenters. The van der Waals surface area contributed by atoms with Crippen molar-refractivity contribution in [3.8, 4) is 0 Å². The molecule has 2 aromatic carbocycles. The molecular weight excluding hydrogens is 315 g/mol. The molecule has 1 aromatic heterocycles. The van der Waals surface area contributed by atoms with Crippen molar-refractivity contribution >= 4 is 17.5 Å². The van der Waals surface area contributed by atoms with E-state index >= 15 is 0 Å². The second-order valence-electron chi connectivity index (χ2n) is 4.75. The van der Waals surface area contributed by atoms with Crippen molar-refractivity contribution in [2.45, 2.75) is 11.6 Å². The Morgan fingerprint density at radius 1 is 1.09 bits per heavy atom. The van der Waals surface area contributed by atoms with E-state index in [9.17, 15) is 9.50 Å². The van der Waals surface area contributed by atoms with Crippen molar-refractivity contribution in [3.05, 3.63) is 82.8 Å². The molecule has 1 heterocycles. The van der Waals surface area contributed by atoms with Gasteiger partial charge in [-0.15, -0.1) is 10.2 Å². The van der Waals surface area contributed by atoms with Gasteiger partial charge in [-0.25, -0.2) is 4.39 Å². The molecule has 4 nitrogen and oxygen atoms in total. The smallest absolute Gasteiger partial charge is 0.281 e. The third-order valence-electron chi connectivity index (χ3n) is 3.06. The maximum absolute atomic E-state index is 12.8. The van der Waals surface area contributed by atoms with E-state index < -0.39 is 0 Å². The summed E-state index contributed by atoms with van der Waals surface area (Å²) in [4.78, 5) is 0. The van der Waals surface area contributed by atoms with Gasteiger partial charge in [0.15, 0.2) is 0 Å². The van der Waals surface area contributed by atoms with Gasteiger partial charge in [-0.2, -0.15) is 0 Å². The Morgan fingerprint density at radius 3 is 2.57 bits per heavy atom. The molecule has 0 saturated heterocycles. The summed E-state index contributed by atoms with van der Waals surface area (Å²) in [6, 6.07) is 15.4. The molecule has 23 heavy (non-hydrogen) atoms. The van der Waals surface area contributed by atoms with Gasteiger partial charge in [0.05, 0.1) is 6.42 Å². The van der Waals surface area contributed by atoms with Crippen molar-refractivity contribution in [2.75, 3.05) is 0 Å². The molecule has 0 aliphatic heterocycles. The zero-order valence-electron chi connectivity index (χ0n) is 12.0. The number of hydrogen-bond donors (Lipinski definition) is 1. The monoisotopic (exact) mass is 328 g/mol. The molecule has 6 heteroatoms. The number of aliphatic hydroxyl groups excluding tert-OH is 1. The van der Waals surface area contributed by atoms with Gasteiger partial charge < -0.3 is 9.52 Å². The Bertz CT molecular complexity index is 801. The van der Waals surface area contributed by atoms with Gasteiger partial charge in [-0.05, 0) is 41.6 Å². The Hall–Kier alpha value is -2.60. The molecule has 3 rings (SSSR count). The summed E-state index contributed by atoms with van der Waals surface area (Å²) in [5.41, 5.74) is 1.60. The number of thioether (sulfide) groups is 1. The lowest BCUT2D eigenvalue weighted by Gasteiger charge is -1.98. The van der Waals surface area contributed by atoms with Crippen LogP contribution in [0, 0.1) is 5.82 Å². The first-order chi connectivity index (χ1) is 11.2. The van der Waals surface area contributed by atoms with Crippen molar-refractivity contribution in [3.63, 3.8) is 0 Å². The first-order valence-corrected chi connectivity index (χ1v) is 7.77. The van der Waals surface area contributed by atoms with Gasteiger partial charge in [0.2, 0.25) is 5.89 Å². The average molecular weight is 328 g/mol. The lowest BCUT2D eigenvalue weighted by atomic mass is 10.2. The van der Waals surface area contributed by atoms with Crippen molar-refractivity contribution in [1.29, 1.82) is 0 Å². The van der Waals surface area contributed by atoms with Crippen LogP contribution in [0.15, 0.2) is 69.6 Å². The molecule has 0 aliphatic carbocycles. The Morgan fingerprint density at radius 2 is 1.83 bits per heavy atom. The molecule has 0 amide bonds. The van der Waals surface area contributed by atoms with E-state index in [2.05, 4.69) is 10.2 Å². The topological polar surface area (TPSA) is 59.2 Å². The highest BCUT2D eigenvalue weighted by Gasteiger charge is 2.07. The second kappa shape index (κ2) is 7.11. The van der Waals surface area contributed by atoms with Crippen LogP contribution < -0.4 is 0 Å². The number of aromatic nitrogens is 2. The predicted molar refractivity (Wildman–Crippen MR) is 86.4 cm³/mol. The summed E-state index contributed by atoms with van der Waals surface area (Å²) >= 11 is 1.11. The summed E-state index contributed by atoms with van der Waals surface area (Å²) in [6.07, 6.45) is 0.558. The maximum Gasteiger partial charge on any atom is 0.281 e. The summed E-state index contributed by atoms with van der Waals surface area (Å²) in [7, 11) is 0. The molecule has 116 valence electrons. The molecule has 0 saturated carbocycles. The maximum atomic E-state index is 12.8. The van der Waals surface area contributed by atoms with Crippen molar-refractivity contribution in [1.82, 2.24) is 10.2 Å². The zero-order valence-corrected chi connectivity index (χ0v) is 12.8. The van der Waals surface area contributed by atoms with Crippen LogP contribution in [0.1, 0.15) is 17.0 Å². The molecule has 3 aromatic rings. The van der Waals surface area contributed by atoms with E-state index in [1.807, 2.05) is 30.3 Å². The van der Waals surface area contributed by atoms with Crippen LogP contribution in [-0.2, 0) is 6.42 Å². The Balaban J connectivity index is 1.64. The van der Waals surface area contributed by atoms with Crippen LogP contribution in [0.2, 0.25) is 0 Å². The van der Waals surface area contributed by atoms with Crippen LogP contribution in [0.25, 0.3) is 5.76 Å². The number of benzene rings is 2. The van der Waals surface area contributed by atoms with Gasteiger partial charge in [0.1, 0.15) is 11.6 Å². The van der Waals surface area contributed by atoms with Crippen LogP contribution in [0.3, 0.4) is 0 Å². The lowest BCUT2D eigenvalue weighted by molar-refractivity contribution is 0.421. The molecular formula is C17H13FN2O2S. The highest BCUT2D eigenvalue weighted by molar-refractivity contribution is 8.02. The molecule has 0 aliphatic rings. The highest BCUT2D eigenvalue weighted by Crippen LogP contribution is 2.23. The summed E-state index contributed by atoms with van der Waals surface area (Å²) in [5.74, 6) is 0.169. The van der Waals surface area contributed by atoms with E-state index in [1.54, 1.807) is 0 Å². The van der Waals surface area contributed by atoms with E-state index in [0.717, 1.165) is 17.3 Å². The van der Waals surface area contributed by atoms with Gasteiger partial charge >= 0.3 is 0 Å². The fourth-order valence-corrected chi connectivity index (χ4v) is 2.50. The molecule has 0 fully saturated rings. The molecule has 0 unspecified atom stereocenters. The van der Waals surface area contributed by atoms with E-state index in [1.165, 1.54) is 29.7 Å². The number of rotatable bonds is 5. The first kappa shape index (κ1) is 15.3. The molecule has 0 spiro atoms. The van der Waals surface area contributed by atoms with E-state index in [-0.39, 0.29) is 11.6 Å². The molecule has 1 N–H and O–H groups in total. The largest absolute Gasteiger partial charge is 0.507 e. The number of nitrogens with zero attached hydrogens (tertiary/aromatic N) is 2. The molecule has 0 radical (unpaired) electrons. The summed E-state index contributed by atoms with van der Waals surface area (Å²) in [5, 5.41) is 19.7. The van der Waals surface area contributed by atoms with E-state index in [0.29, 0.717) is 23.1 Å². The zero-order chi connectivity index (χ0) is 16.1. The van der Waals surface area contributed by atoms with Gasteiger partial charge in [0.25, 0.3) is 5.22 Å². The fourth-order valence-electron chi connectivity index (χ4n) is 1.92. The van der Waals surface area contributed by atoms with Gasteiger partial charge in [-0.3, -0.25) is 0 Å². The Kier molecular flexibility index (Phi) is 4.73. The fraction of sp³-hybridized carbons (Fsp3) is 0.0588. The number of halogens is 1. The quantitative estimate of drug-likeness (QED) is 0.554. The summed E-state index contributed by atoms with van der Waals surface area (Å²) in [6.45, 7) is 0. The van der Waals surface area contributed by atoms with Crippen LogP contribution in [0.5, 0.6) is 0 Å². The predicted octanol–water partition coefficient (Wildman–Crippen LogP) is 4.45. The van der Waals surface area contributed by atoms with Crippen LogP contribution in [0.4, 0.5) is 4.39 Å². The number of hydrogen-bond acceptors (Lipinski definition) is 5. The number of aliphatic hydroxyl groups is 1. The third-order valence-corrected chi connectivity index (χ3v) is 3.77. The average Bonchev–Trinajstić information content (AvgIpc) is 3.02. The van der Waals surface area contributed by atoms with Crippen molar-refractivity contribution < 1.29 is 13.9 Å². The first-order valence-electron chi connectivity index (χ1n) is 6.89. The third kappa shape index (κ3) is 4.20. The van der Waals surface area contributed by atoms with Gasteiger partial charge in [0, 0.05) is 11.0 Å². The van der Waals surface area contributed by atoms with Crippen LogP contribution >= 0.6 is 11.8 Å². The van der Waals surface area contributed by atoms with E-state index in [4.69, 9.17) is 4.42 Å². The Labute approximate surface area is 136 Å². The van der Waals surface area contributed by atoms with Gasteiger partial charge in [-0.1, -0.05) is 30.3 Å². The minimum atomic E-state index is -0.350. The highest BCUT2D eigenvalue weighted by atomic mass is 32.2. The minimum absolute atomic E-state index is 0.0119. The molecule has 0 bridgehead atoms. The van der Waals surface area contributed by atoms with Crippen LogP contribution in [-0.4, -0.2) is 15.3 Å². The normalized spacial score (nSPS) is 11.6. The van der Waals surface area contributed by atoms with Crippen molar-refractivity contribution in [2.24, 2.45) is 0 Å². The standard InChI is InChI=1S/C17H13FN2O2S/c18-14-8-6-13(7-9-14)15(21)11-23-17-20-19-16(22-17)10-12-4-2-1-3-5-12/h1-9,11,21H,10H2. The summed E-state index contributed by atoms with van der Waals surface area (Å²) < 4.78 is 18.4.